The molecule has 1 aliphatic carbocycles. The second-order valence-electron chi connectivity index (χ2n) is 7.12. The van der Waals surface area contributed by atoms with E-state index in [9.17, 15) is 13.2 Å². The van der Waals surface area contributed by atoms with Crippen molar-refractivity contribution in [1.29, 1.82) is 0 Å². The number of benzene rings is 1. The summed E-state index contributed by atoms with van der Waals surface area (Å²) < 4.78 is 28.2. The quantitative estimate of drug-likeness (QED) is 0.922. The Morgan fingerprint density at radius 3 is 2.48 bits per heavy atom. The van der Waals surface area contributed by atoms with Gasteiger partial charge in [0.2, 0.25) is 15.9 Å². The minimum absolute atomic E-state index is 0.0118. The maximum Gasteiger partial charge on any atom is 0.240 e. The Balaban J connectivity index is 1.93. The topological polar surface area (TPSA) is 66.5 Å². The smallest absolute Gasteiger partial charge is 0.240 e. The molecule has 23 heavy (non-hydrogen) atoms. The molecule has 0 aromatic heterocycles. The maximum atomic E-state index is 12.7. The third kappa shape index (κ3) is 2.78. The van der Waals surface area contributed by atoms with Crippen molar-refractivity contribution in [3.8, 4) is 0 Å². The molecule has 1 aliphatic heterocycles. The molecule has 1 N–H and O–H groups in total. The zero-order valence-corrected chi connectivity index (χ0v) is 14.7. The van der Waals surface area contributed by atoms with Crippen LogP contribution in [0, 0.1) is 0 Å². The number of carbonyl (C=O) groups is 1. The van der Waals surface area contributed by atoms with Crippen molar-refractivity contribution in [3.63, 3.8) is 0 Å². The van der Waals surface area contributed by atoms with E-state index in [4.69, 9.17) is 0 Å². The average molecular weight is 336 g/mol. The first kappa shape index (κ1) is 16.5. The maximum absolute atomic E-state index is 12.7. The number of carbonyl (C=O) groups excluding carboxylic acids is 1. The van der Waals surface area contributed by atoms with Crippen molar-refractivity contribution in [3.05, 3.63) is 23.8 Å². The Bertz CT molecular complexity index is 734. The van der Waals surface area contributed by atoms with Gasteiger partial charge < -0.3 is 4.90 Å². The molecule has 0 spiro atoms. The summed E-state index contributed by atoms with van der Waals surface area (Å²) in [4.78, 5) is 14.2. The number of fused-ring (bicyclic) bond motifs is 1. The van der Waals surface area contributed by atoms with Gasteiger partial charge in [-0.05, 0) is 50.5 Å². The minimum atomic E-state index is -3.55. The third-order valence-corrected chi connectivity index (χ3v) is 6.60. The van der Waals surface area contributed by atoms with E-state index in [0.29, 0.717) is 0 Å². The van der Waals surface area contributed by atoms with Crippen molar-refractivity contribution in [2.45, 2.75) is 62.3 Å². The lowest BCUT2D eigenvalue weighted by Crippen LogP contribution is -2.36. The highest BCUT2D eigenvalue weighted by molar-refractivity contribution is 7.89. The van der Waals surface area contributed by atoms with Crippen molar-refractivity contribution < 1.29 is 13.2 Å². The van der Waals surface area contributed by atoms with Gasteiger partial charge in [-0.15, -0.1) is 0 Å². The van der Waals surface area contributed by atoms with E-state index in [1.165, 1.54) is 6.42 Å². The van der Waals surface area contributed by atoms with Gasteiger partial charge in [0.25, 0.3) is 0 Å². The van der Waals surface area contributed by atoms with Crippen LogP contribution in [0.1, 0.15) is 51.5 Å². The first-order valence-electron chi connectivity index (χ1n) is 8.18. The van der Waals surface area contributed by atoms with Crippen LogP contribution >= 0.6 is 0 Å². The van der Waals surface area contributed by atoms with Crippen LogP contribution in [0.2, 0.25) is 0 Å². The Hall–Kier alpha value is -1.40. The van der Waals surface area contributed by atoms with Gasteiger partial charge in [0, 0.05) is 18.8 Å². The van der Waals surface area contributed by atoms with Crippen LogP contribution < -0.4 is 9.62 Å². The van der Waals surface area contributed by atoms with Crippen LogP contribution in [0.15, 0.2) is 23.1 Å². The predicted molar refractivity (Wildman–Crippen MR) is 90.1 cm³/mol. The molecule has 6 heteroatoms. The summed E-state index contributed by atoms with van der Waals surface area (Å²) in [7, 11) is -1.82. The lowest BCUT2D eigenvalue weighted by Gasteiger charge is -2.23. The van der Waals surface area contributed by atoms with Gasteiger partial charge in [-0.3, -0.25) is 4.79 Å². The molecule has 2 aliphatic rings. The number of nitrogens with zero attached hydrogens (tertiary/aromatic N) is 1. The zero-order chi connectivity index (χ0) is 16.8. The molecule has 5 nitrogen and oxygen atoms in total. The monoisotopic (exact) mass is 336 g/mol. The van der Waals surface area contributed by atoms with Gasteiger partial charge in [-0.1, -0.05) is 19.3 Å². The van der Waals surface area contributed by atoms with Crippen LogP contribution in [0.3, 0.4) is 0 Å². The molecule has 1 aromatic rings. The van der Waals surface area contributed by atoms with Gasteiger partial charge in [0.05, 0.1) is 10.3 Å². The highest BCUT2D eigenvalue weighted by Crippen LogP contribution is 2.41. The second-order valence-corrected chi connectivity index (χ2v) is 8.84. The normalized spacial score (nSPS) is 21.5. The summed E-state index contributed by atoms with van der Waals surface area (Å²) in [6.07, 6.45) is 5.13. The molecule has 0 radical (unpaired) electrons. The molecule has 1 amide bonds. The van der Waals surface area contributed by atoms with Gasteiger partial charge in [-0.25, -0.2) is 13.1 Å². The molecular formula is C17H24N2O3S. The number of hydrogen-bond acceptors (Lipinski definition) is 3. The van der Waals surface area contributed by atoms with E-state index < -0.39 is 15.4 Å². The number of likely N-dealkylation sites (N-methyl/N-ethyl adjacent to an activating group) is 1. The standard InChI is InChI=1S/C17H24N2O3S/c1-17(2)14-11-13(9-10-15(14)19(3)16(17)20)23(21,22)18-12-7-5-4-6-8-12/h9-12,18H,4-8H2,1-3H3. The fraction of sp³-hybridized carbons (Fsp3) is 0.588. The summed E-state index contributed by atoms with van der Waals surface area (Å²) in [6, 6.07) is 5.01. The van der Waals surface area contributed by atoms with E-state index in [1.54, 1.807) is 30.1 Å². The number of anilines is 1. The van der Waals surface area contributed by atoms with Gasteiger partial charge in [0.1, 0.15) is 0 Å². The molecule has 1 aromatic carbocycles. The average Bonchev–Trinajstić information content (AvgIpc) is 2.69. The molecule has 0 bridgehead atoms. The summed E-state index contributed by atoms with van der Waals surface area (Å²) >= 11 is 0. The van der Waals surface area contributed by atoms with Crippen LogP contribution in [0.25, 0.3) is 0 Å². The van der Waals surface area contributed by atoms with Gasteiger partial charge >= 0.3 is 0 Å². The van der Waals surface area contributed by atoms with Crippen molar-refractivity contribution in [2.75, 3.05) is 11.9 Å². The first-order valence-corrected chi connectivity index (χ1v) is 9.67. The van der Waals surface area contributed by atoms with E-state index in [0.717, 1.165) is 36.9 Å². The minimum Gasteiger partial charge on any atom is -0.314 e. The third-order valence-electron chi connectivity index (χ3n) is 5.08. The van der Waals surface area contributed by atoms with Crippen LogP contribution in [0.5, 0.6) is 0 Å². The van der Waals surface area contributed by atoms with Crippen LogP contribution in [-0.4, -0.2) is 27.4 Å². The van der Waals surface area contributed by atoms with Crippen molar-refractivity contribution in [1.82, 2.24) is 4.72 Å². The van der Waals surface area contributed by atoms with Crippen molar-refractivity contribution in [2.24, 2.45) is 0 Å². The fourth-order valence-corrected chi connectivity index (χ4v) is 4.96. The lowest BCUT2D eigenvalue weighted by atomic mass is 9.86. The van der Waals surface area contributed by atoms with E-state index in [1.807, 2.05) is 13.8 Å². The van der Waals surface area contributed by atoms with E-state index in [-0.39, 0.29) is 16.8 Å². The van der Waals surface area contributed by atoms with E-state index in [2.05, 4.69) is 4.72 Å². The number of amides is 1. The number of sulfonamides is 1. The summed E-state index contributed by atoms with van der Waals surface area (Å²) in [5.41, 5.74) is 0.869. The molecule has 0 atom stereocenters. The Labute approximate surface area is 138 Å². The summed E-state index contributed by atoms with van der Waals surface area (Å²) in [5, 5.41) is 0. The highest BCUT2D eigenvalue weighted by atomic mass is 32.2. The largest absolute Gasteiger partial charge is 0.314 e. The Kier molecular flexibility index (Phi) is 4.01. The Morgan fingerprint density at radius 2 is 1.83 bits per heavy atom. The predicted octanol–water partition coefficient (Wildman–Crippen LogP) is 2.55. The molecule has 1 heterocycles. The molecule has 0 unspecified atom stereocenters. The molecule has 126 valence electrons. The molecular weight excluding hydrogens is 312 g/mol. The van der Waals surface area contributed by atoms with Crippen LogP contribution in [0.4, 0.5) is 5.69 Å². The number of nitrogens with one attached hydrogen (secondary N) is 1. The Morgan fingerprint density at radius 1 is 1.17 bits per heavy atom. The summed E-state index contributed by atoms with van der Waals surface area (Å²) in [6.45, 7) is 3.67. The molecule has 1 saturated carbocycles. The number of hydrogen-bond donors (Lipinski definition) is 1. The summed E-state index contributed by atoms with van der Waals surface area (Å²) in [5.74, 6) is -0.0118. The molecule has 1 fully saturated rings. The van der Waals surface area contributed by atoms with Crippen molar-refractivity contribution >= 4 is 21.6 Å². The lowest BCUT2D eigenvalue weighted by molar-refractivity contribution is -0.121. The molecule has 3 rings (SSSR count). The fourth-order valence-electron chi connectivity index (χ4n) is 3.63. The van der Waals surface area contributed by atoms with Gasteiger partial charge in [0.15, 0.2) is 0 Å². The van der Waals surface area contributed by atoms with Crippen LogP contribution in [-0.2, 0) is 20.2 Å². The number of rotatable bonds is 3. The van der Waals surface area contributed by atoms with Gasteiger partial charge in [-0.2, -0.15) is 0 Å². The molecule has 0 saturated heterocycles. The first-order chi connectivity index (χ1) is 10.7. The second kappa shape index (κ2) is 5.60. The highest BCUT2D eigenvalue weighted by Gasteiger charge is 2.42. The van der Waals surface area contributed by atoms with E-state index >= 15 is 0 Å². The zero-order valence-electron chi connectivity index (χ0n) is 13.9. The SMILES string of the molecule is CN1C(=O)C(C)(C)c2cc(S(=O)(=O)NC3CCCCC3)ccc21.